The Hall–Kier alpha value is -1.53. The molecule has 0 saturated heterocycles. The first-order valence-corrected chi connectivity index (χ1v) is 7.38. The van der Waals surface area contributed by atoms with Crippen LogP contribution >= 0.6 is 0 Å². The Balaban J connectivity index is 2.59. The summed E-state index contributed by atoms with van der Waals surface area (Å²) in [6.45, 7) is 10.4. The average Bonchev–Trinajstić information content (AvgIpc) is 2.88. The number of aryl methyl sites for hydroxylation is 1. The van der Waals surface area contributed by atoms with Gasteiger partial charge in [-0.15, -0.1) is 0 Å². The lowest BCUT2D eigenvalue weighted by molar-refractivity contribution is 0.0428. The van der Waals surface area contributed by atoms with Gasteiger partial charge in [-0.1, -0.05) is 0 Å². The smallest absolute Gasteiger partial charge is 0.191 e. The summed E-state index contributed by atoms with van der Waals surface area (Å²) in [7, 11) is 0. The molecular formula is C15H27N3O3. The van der Waals surface area contributed by atoms with Crippen molar-refractivity contribution in [2.24, 2.45) is 4.99 Å². The lowest BCUT2D eigenvalue weighted by Gasteiger charge is -2.19. The van der Waals surface area contributed by atoms with E-state index in [4.69, 9.17) is 9.15 Å². The SMILES string of the molecule is CCNC(=NCC(C)(O)c1ccc(C)o1)NCCOCC. The van der Waals surface area contributed by atoms with Crippen molar-refractivity contribution in [1.82, 2.24) is 10.6 Å². The molecule has 1 aromatic heterocycles. The summed E-state index contributed by atoms with van der Waals surface area (Å²) in [5.74, 6) is 1.95. The number of ether oxygens (including phenoxy) is 1. The molecule has 0 bridgehead atoms. The highest BCUT2D eigenvalue weighted by Gasteiger charge is 2.26. The minimum absolute atomic E-state index is 0.212. The van der Waals surface area contributed by atoms with Crippen LogP contribution in [0.15, 0.2) is 21.5 Å². The zero-order valence-electron chi connectivity index (χ0n) is 13.4. The second kappa shape index (κ2) is 8.69. The van der Waals surface area contributed by atoms with Crippen molar-refractivity contribution in [2.45, 2.75) is 33.3 Å². The fourth-order valence-electron chi connectivity index (χ4n) is 1.76. The lowest BCUT2D eigenvalue weighted by Crippen LogP contribution is -2.40. The molecule has 1 unspecified atom stereocenters. The van der Waals surface area contributed by atoms with Crippen molar-refractivity contribution < 1.29 is 14.3 Å². The van der Waals surface area contributed by atoms with Crippen molar-refractivity contribution >= 4 is 5.96 Å². The minimum Gasteiger partial charge on any atom is -0.463 e. The summed E-state index contributed by atoms with van der Waals surface area (Å²) >= 11 is 0. The first-order chi connectivity index (χ1) is 9.99. The molecule has 21 heavy (non-hydrogen) atoms. The van der Waals surface area contributed by atoms with Gasteiger partial charge in [0.25, 0.3) is 0 Å². The molecule has 0 aliphatic rings. The Morgan fingerprint density at radius 2 is 2.14 bits per heavy atom. The van der Waals surface area contributed by atoms with E-state index in [1.165, 1.54) is 0 Å². The number of aliphatic hydroxyl groups is 1. The number of guanidine groups is 1. The van der Waals surface area contributed by atoms with Crippen LogP contribution in [0.1, 0.15) is 32.3 Å². The summed E-state index contributed by atoms with van der Waals surface area (Å²) < 4.78 is 10.7. The summed E-state index contributed by atoms with van der Waals surface area (Å²) in [6, 6.07) is 3.61. The van der Waals surface area contributed by atoms with E-state index in [1.54, 1.807) is 13.0 Å². The predicted octanol–water partition coefficient (Wildman–Crippen LogP) is 1.39. The van der Waals surface area contributed by atoms with Crippen molar-refractivity contribution in [3.8, 4) is 0 Å². The molecule has 0 aliphatic carbocycles. The third-order valence-electron chi connectivity index (χ3n) is 2.90. The highest BCUT2D eigenvalue weighted by molar-refractivity contribution is 5.79. The number of nitrogens with zero attached hydrogens (tertiary/aromatic N) is 1. The van der Waals surface area contributed by atoms with Crippen LogP contribution in [-0.2, 0) is 10.3 Å². The zero-order valence-corrected chi connectivity index (χ0v) is 13.4. The molecule has 1 aromatic rings. The molecule has 0 aliphatic heterocycles. The number of rotatable bonds is 8. The van der Waals surface area contributed by atoms with E-state index in [9.17, 15) is 5.11 Å². The van der Waals surface area contributed by atoms with Gasteiger partial charge >= 0.3 is 0 Å². The Labute approximate surface area is 126 Å². The van der Waals surface area contributed by atoms with Gasteiger partial charge in [-0.2, -0.15) is 0 Å². The predicted molar refractivity (Wildman–Crippen MR) is 83.5 cm³/mol. The van der Waals surface area contributed by atoms with Crippen molar-refractivity contribution in [3.63, 3.8) is 0 Å². The minimum atomic E-state index is -1.13. The Morgan fingerprint density at radius 3 is 2.71 bits per heavy atom. The van der Waals surface area contributed by atoms with E-state index in [0.717, 1.165) is 12.3 Å². The van der Waals surface area contributed by atoms with E-state index >= 15 is 0 Å². The molecule has 1 heterocycles. The van der Waals surface area contributed by atoms with E-state index in [2.05, 4.69) is 15.6 Å². The molecule has 6 heteroatoms. The third kappa shape index (κ3) is 6.18. The van der Waals surface area contributed by atoms with E-state index in [0.29, 0.717) is 31.5 Å². The Kier molecular flexibility index (Phi) is 7.25. The van der Waals surface area contributed by atoms with Crippen LogP contribution in [0.25, 0.3) is 0 Å². The number of hydrogen-bond donors (Lipinski definition) is 3. The van der Waals surface area contributed by atoms with Crippen molar-refractivity contribution in [3.05, 3.63) is 23.7 Å². The second-order valence-electron chi connectivity index (χ2n) is 5.00. The van der Waals surface area contributed by atoms with Crippen LogP contribution < -0.4 is 10.6 Å². The summed E-state index contributed by atoms with van der Waals surface area (Å²) in [5, 5.41) is 16.7. The maximum atomic E-state index is 10.4. The van der Waals surface area contributed by atoms with Gasteiger partial charge in [0, 0.05) is 19.7 Å². The Bertz CT molecular complexity index is 441. The first-order valence-electron chi connectivity index (χ1n) is 7.38. The monoisotopic (exact) mass is 297 g/mol. The molecule has 0 radical (unpaired) electrons. The van der Waals surface area contributed by atoms with Crippen LogP contribution in [0.5, 0.6) is 0 Å². The van der Waals surface area contributed by atoms with Crippen LogP contribution in [0, 0.1) is 6.92 Å². The molecule has 120 valence electrons. The molecule has 0 saturated carbocycles. The fourth-order valence-corrected chi connectivity index (χ4v) is 1.76. The summed E-state index contributed by atoms with van der Waals surface area (Å²) in [6.07, 6.45) is 0. The first kappa shape index (κ1) is 17.5. The standard InChI is InChI=1S/C15H27N3O3/c1-5-16-14(17-9-10-20-6-2)18-11-15(4,19)13-8-7-12(3)21-13/h7-8,19H,5-6,9-11H2,1-4H3,(H2,16,17,18). The largest absolute Gasteiger partial charge is 0.463 e. The van der Waals surface area contributed by atoms with E-state index in [-0.39, 0.29) is 6.54 Å². The Morgan fingerprint density at radius 1 is 1.38 bits per heavy atom. The van der Waals surface area contributed by atoms with Crippen LogP contribution in [-0.4, -0.2) is 43.9 Å². The molecular weight excluding hydrogens is 270 g/mol. The zero-order chi connectivity index (χ0) is 15.7. The highest BCUT2D eigenvalue weighted by Crippen LogP contribution is 2.22. The lowest BCUT2D eigenvalue weighted by atomic mass is 10.0. The second-order valence-corrected chi connectivity index (χ2v) is 5.00. The normalized spacial score (nSPS) is 14.8. The van der Waals surface area contributed by atoms with Crippen molar-refractivity contribution in [2.75, 3.05) is 32.8 Å². The topological polar surface area (TPSA) is 79.0 Å². The molecule has 6 nitrogen and oxygen atoms in total. The molecule has 0 fully saturated rings. The molecule has 0 spiro atoms. The molecule has 0 amide bonds. The van der Waals surface area contributed by atoms with Gasteiger partial charge in [0.05, 0.1) is 13.2 Å². The van der Waals surface area contributed by atoms with Crippen molar-refractivity contribution in [1.29, 1.82) is 0 Å². The molecule has 1 rings (SSSR count). The van der Waals surface area contributed by atoms with Gasteiger partial charge in [-0.05, 0) is 39.8 Å². The van der Waals surface area contributed by atoms with Crippen LogP contribution in [0.2, 0.25) is 0 Å². The van der Waals surface area contributed by atoms with E-state index in [1.807, 2.05) is 26.8 Å². The number of nitrogens with one attached hydrogen (secondary N) is 2. The fraction of sp³-hybridized carbons (Fsp3) is 0.667. The maximum Gasteiger partial charge on any atom is 0.191 e. The number of aliphatic imine (C=N–C) groups is 1. The average molecular weight is 297 g/mol. The third-order valence-corrected chi connectivity index (χ3v) is 2.90. The summed E-state index contributed by atoms with van der Waals surface area (Å²) in [5.41, 5.74) is -1.13. The quantitative estimate of drug-likeness (QED) is 0.384. The van der Waals surface area contributed by atoms with Gasteiger partial charge in [0.15, 0.2) is 5.96 Å². The van der Waals surface area contributed by atoms with E-state index < -0.39 is 5.60 Å². The highest BCUT2D eigenvalue weighted by atomic mass is 16.5. The van der Waals surface area contributed by atoms with Gasteiger partial charge in [0.2, 0.25) is 0 Å². The summed E-state index contributed by atoms with van der Waals surface area (Å²) in [4.78, 5) is 4.40. The van der Waals surface area contributed by atoms with Gasteiger partial charge in [0.1, 0.15) is 17.1 Å². The number of furan rings is 1. The van der Waals surface area contributed by atoms with Gasteiger partial charge < -0.3 is 24.9 Å². The number of hydrogen-bond acceptors (Lipinski definition) is 4. The molecule has 0 aromatic carbocycles. The van der Waals surface area contributed by atoms with Crippen LogP contribution in [0.3, 0.4) is 0 Å². The van der Waals surface area contributed by atoms with Gasteiger partial charge in [-0.25, -0.2) is 4.99 Å². The maximum absolute atomic E-state index is 10.4. The van der Waals surface area contributed by atoms with Crippen LogP contribution in [0.4, 0.5) is 0 Å². The van der Waals surface area contributed by atoms with Gasteiger partial charge in [-0.3, -0.25) is 0 Å². The molecule has 3 N–H and O–H groups in total. The molecule has 1 atom stereocenters.